The molecular weight excluding hydrogens is 312 g/mol. The van der Waals surface area contributed by atoms with Crippen molar-refractivity contribution in [2.75, 3.05) is 17.3 Å². The Bertz CT molecular complexity index is 804. The first kappa shape index (κ1) is 15.3. The van der Waals surface area contributed by atoms with E-state index in [1.54, 1.807) is 12.1 Å². The first-order valence-corrected chi connectivity index (χ1v) is 8.21. The van der Waals surface area contributed by atoms with Crippen LogP contribution in [0.3, 0.4) is 0 Å². The Hall–Kier alpha value is -2.05. The second-order valence-electron chi connectivity index (χ2n) is 4.49. The number of amides is 1. The fourth-order valence-electron chi connectivity index (χ4n) is 1.71. The average molecular weight is 325 g/mol. The van der Waals surface area contributed by atoms with Gasteiger partial charge in [0.2, 0.25) is 0 Å². The Labute approximate surface area is 127 Å². The van der Waals surface area contributed by atoms with Crippen molar-refractivity contribution in [2.24, 2.45) is 0 Å². The van der Waals surface area contributed by atoms with E-state index in [4.69, 9.17) is 17.3 Å². The molecule has 0 heterocycles. The average Bonchev–Trinajstić information content (AvgIpc) is 2.41. The Morgan fingerprint density at radius 3 is 2.52 bits per heavy atom. The van der Waals surface area contributed by atoms with Crippen LogP contribution in [-0.4, -0.2) is 20.6 Å². The number of nitrogens with two attached hydrogens (primary N) is 1. The van der Waals surface area contributed by atoms with E-state index in [2.05, 4.69) is 5.32 Å². The van der Waals surface area contributed by atoms with Gasteiger partial charge in [0, 0.05) is 16.8 Å². The van der Waals surface area contributed by atoms with E-state index in [9.17, 15) is 13.2 Å². The molecule has 7 heteroatoms. The van der Waals surface area contributed by atoms with Crippen molar-refractivity contribution in [3.05, 3.63) is 53.1 Å². The van der Waals surface area contributed by atoms with Gasteiger partial charge >= 0.3 is 0 Å². The predicted octanol–water partition coefficient (Wildman–Crippen LogP) is 2.58. The molecular formula is C14H13ClN2O3S. The number of benzene rings is 2. The summed E-state index contributed by atoms with van der Waals surface area (Å²) in [5.41, 5.74) is 6.72. The Morgan fingerprint density at radius 2 is 1.90 bits per heavy atom. The van der Waals surface area contributed by atoms with Crippen LogP contribution in [0.5, 0.6) is 0 Å². The zero-order valence-corrected chi connectivity index (χ0v) is 12.7. The van der Waals surface area contributed by atoms with Crippen LogP contribution in [0.25, 0.3) is 0 Å². The number of hydrogen-bond acceptors (Lipinski definition) is 4. The van der Waals surface area contributed by atoms with Crippen molar-refractivity contribution in [1.29, 1.82) is 0 Å². The van der Waals surface area contributed by atoms with Gasteiger partial charge in [-0.25, -0.2) is 8.42 Å². The van der Waals surface area contributed by atoms with Gasteiger partial charge < -0.3 is 11.1 Å². The molecule has 5 nitrogen and oxygen atoms in total. The molecule has 0 aliphatic rings. The highest BCUT2D eigenvalue weighted by atomic mass is 35.5. The van der Waals surface area contributed by atoms with Gasteiger partial charge in [-0.3, -0.25) is 4.79 Å². The van der Waals surface area contributed by atoms with Gasteiger partial charge in [0.05, 0.1) is 16.3 Å². The quantitative estimate of drug-likeness (QED) is 0.849. The molecule has 0 unspecified atom stereocenters. The summed E-state index contributed by atoms with van der Waals surface area (Å²) in [6.45, 7) is 0. The molecule has 110 valence electrons. The van der Waals surface area contributed by atoms with Crippen molar-refractivity contribution < 1.29 is 13.2 Å². The van der Waals surface area contributed by atoms with Crippen LogP contribution in [0, 0.1) is 0 Å². The van der Waals surface area contributed by atoms with Crippen LogP contribution in [0.15, 0.2) is 47.4 Å². The SMILES string of the molecule is CS(=O)(=O)c1cccc(C(=O)Nc2ccc(Cl)cc2N)c1. The van der Waals surface area contributed by atoms with Gasteiger partial charge in [-0.05, 0) is 36.4 Å². The van der Waals surface area contributed by atoms with Crippen molar-refractivity contribution in [2.45, 2.75) is 4.90 Å². The lowest BCUT2D eigenvalue weighted by Crippen LogP contribution is -2.13. The van der Waals surface area contributed by atoms with Crippen LogP contribution in [0.4, 0.5) is 11.4 Å². The van der Waals surface area contributed by atoms with Gasteiger partial charge in [-0.15, -0.1) is 0 Å². The van der Waals surface area contributed by atoms with Gasteiger partial charge in [0.1, 0.15) is 0 Å². The summed E-state index contributed by atoms with van der Waals surface area (Å²) < 4.78 is 23.0. The molecule has 0 radical (unpaired) electrons. The molecule has 0 fully saturated rings. The monoisotopic (exact) mass is 324 g/mol. The van der Waals surface area contributed by atoms with Crippen molar-refractivity contribution in [3.8, 4) is 0 Å². The summed E-state index contributed by atoms with van der Waals surface area (Å²) in [5.74, 6) is -0.450. The van der Waals surface area contributed by atoms with Crippen molar-refractivity contribution in [1.82, 2.24) is 0 Å². The molecule has 0 spiro atoms. The number of nitrogen functional groups attached to an aromatic ring is 1. The van der Waals surface area contributed by atoms with Crippen LogP contribution >= 0.6 is 11.6 Å². The third kappa shape index (κ3) is 3.74. The van der Waals surface area contributed by atoms with Gasteiger partial charge in [0.15, 0.2) is 9.84 Å². The number of carbonyl (C=O) groups excluding carboxylic acids is 1. The van der Waals surface area contributed by atoms with Gasteiger partial charge in [-0.2, -0.15) is 0 Å². The Balaban J connectivity index is 2.29. The molecule has 2 rings (SSSR count). The Morgan fingerprint density at radius 1 is 1.19 bits per heavy atom. The fraction of sp³-hybridized carbons (Fsp3) is 0.0714. The number of nitrogens with one attached hydrogen (secondary N) is 1. The summed E-state index contributed by atoms with van der Waals surface area (Å²) in [5, 5.41) is 3.08. The molecule has 0 saturated carbocycles. The van der Waals surface area contributed by atoms with E-state index in [0.717, 1.165) is 6.26 Å². The van der Waals surface area contributed by atoms with E-state index >= 15 is 0 Å². The minimum Gasteiger partial charge on any atom is -0.397 e. The third-order valence-corrected chi connectivity index (χ3v) is 4.13. The highest BCUT2D eigenvalue weighted by Gasteiger charge is 2.12. The smallest absolute Gasteiger partial charge is 0.255 e. The summed E-state index contributed by atoms with van der Waals surface area (Å²) in [6.07, 6.45) is 1.08. The molecule has 21 heavy (non-hydrogen) atoms. The molecule has 0 saturated heterocycles. The van der Waals surface area contributed by atoms with Crippen LogP contribution in [-0.2, 0) is 9.84 Å². The molecule has 0 aromatic heterocycles. The lowest BCUT2D eigenvalue weighted by atomic mass is 10.2. The number of anilines is 2. The van der Waals surface area contributed by atoms with E-state index in [-0.39, 0.29) is 10.5 Å². The van der Waals surface area contributed by atoms with Gasteiger partial charge in [-0.1, -0.05) is 17.7 Å². The number of hydrogen-bond donors (Lipinski definition) is 2. The second kappa shape index (κ2) is 5.75. The van der Waals surface area contributed by atoms with E-state index in [1.165, 1.54) is 30.3 Å². The first-order chi connectivity index (χ1) is 9.77. The molecule has 3 N–H and O–H groups in total. The lowest BCUT2D eigenvalue weighted by Gasteiger charge is -2.09. The maximum Gasteiger partial charge on any atom is 0.255 e. The van der Waals surface area contributed by atoms with Crippen LogP contribution < -0.4 is 11.1 Å². The van der Waals surface area contributed by atoms with E-state index < -0.39 is 15.7 Å². The van der Waals surface area contributed by atoms with Gasteiger partial charge in [0.25, 0.3) is 5.91 Å². The summed E-state index contributed by atoms with van der Waals surface area (Å²) in [4.78, 5) is 12.2. The second-order valence-corrected chi connectivity index (χ2v) is 6.94. The molecule has 1 amide bonds. The third-order valence-electron chi connectivity index (χ3n) is 2.79. The highest BCUT2D eigenvalue weighted by molar-refractivity contribution is 7.90. The van der Waals surface area contributed by atoms with Crippen LogP contribution in [0.2, 0.25) is 5.02 Å². The molecule has 0 aliphatic heterocycles. The maximum atomic E-state index is 12.1. The maximum absolute atomic E-state index is 12.1. The minimum atomic E-state index is -3.37. The standard InChI is InChI=1S/C14H13ClN2O3S/c1-21(19,20)11-4-2-3-9(7-11)14(18)17-13-6-5-10(15)8-12(13)16/h2-8H,16H2,1H3,(H,17,18). The highest BCUT2D eigenvalue weighted by Crippen LogP contribution is 2.23. The zero-order chi connectivity index (χ0) is 15.6. The Kier molecular flexibility index (Phi) is 4.20. The zero-order valence-electron chi connectivity index (χ0n) is 11.1. The number of halogens is 1. The topological polar surface area (TPSA) is 89.3 Å². The fourth-order valence-corrected chi connectivity index (χ4v) is 2.56. The van der Waals surface area contributed by atoms with E-state index in [0.29, 0.717) is 16.4 Å². The molecule has 2 aromatic rings. The number of sulfone groups is 1. The normalized spacial score (nSPS) is 11.1. The lowest BCUT2D eigenvalue weighted by molar-refractivity contribution is 0.102. The summed E-state index contributed by atoms with van der Waals surface area (Å²) in [6, 6.07) is 10.5. The predicted molar refractivity (Wildman–Crippen MR) is 83.4 cm³/mol. The largest absolute Gasteiger partial charge is 0.397 e. The van der Waals surface area contributed by atoms with E-state index in [1.807, 2.05) is 0 Å². The molecule has 0 aliphatic carbocycles. The van der Waals surface area contributed by atoms with Crippen molar-refractivity contribution in [3.63, 3.8) is 0 Å². The minimum absolute atomic E-state index is 0.0826. The number of rotatable bonds is 3. The molecule has 0 bridgehead atoms. The first-order valence-electron chi connectivity index (χ1n) is 5.94. The number of carbonyl (C=O) groups is 1. The van der Waals surface area contributed by atoms with Crippen LogP contribution in [0.1, 0.15) is 10.4 Å². The molecule has 2 aromatic carbocycles. The molecule has 0 atom stereocenters. The summed E-state index contributed by atoms with van der Waals surface area (Å²) >= 11 is 5.78. The van der Waals surface area contributed by atoms with Crippen molar-refractivity contribution >= 4 is 38.7 Å². The summed E-state index contributed by atoms with van der Waals surface area (Å²) in [7, 11) is -3.37.